The molecule has 1 amide bonds. The fourth-order valence-corrected chi connectivity index (χ4v) is 4.61. The van der Waals surface area contributed by atoms with Crippen molar-refractivity contribution in [2.75, 3.05) is 18.6 Å². The molecule has 1 aliphatic heterocycles. The summed E-state index contributed by atoms with van der Waals surface area (Å²) in [5.41, 5.74) is 2.21. The van der Waals surface area contributed by atoms with Gasteiger partial charge in [0.05, 0.1) is 18.6 Å². The lowest BCUT2D eigenvalue weighted by atomic mass is 10.1. The zero-order chi connectivity index (χ0) is 17.9. The molecule has 6 nitrogen and oxygen atoms in total. The van der Waals surface area contributed by atoms with Crippen molar-refractivity contribution in [2.24, 2.45) is 0 Å². The summed E-state index contributed by atoms with van der Waals surface area (Å²) in [6.45, 7) is 0. The fraction of sp³-hybridized carbons (Fsp3) is 0.333. The Bertz CT molecular complexity index is 880. The molecule has 1 N–H and O–H groups in total. The Hall–Kier alpha value is -2.41. The maximum absolute atomic E-state index is 12.4. The summed E-state index contributed by atoms with van der Waals surface area (Å²) >= 11 is 0. The molecule has 132 valence electrons. The number of aromatic nitrogens is 1. The number of methoxy groups -OCH3 is 1. The number of sulfone groups is 1. The average Bonchev–Trinajstić information content (AvgIpc) is 2.94. The standard InChI is InChI=1S/C18H20N2O4S/c1-24-17-5-3-2-4-13(17)10-16-11-14(6-8-19-16)18(21)20-15-7-9-25(22,23)12-15/h2-6,8,11,15H,7,9-10,12H2,1H3,(H,20,21)/t15-/m1/s1. The number of ether oxygens (including phenoxy) is 1. The maximum Gasteiger partial charge on any atom is 0.251 e. The van der Waals surface area contributed by atoms with E-state index in [-0.39, 0.29) is 23.5 Å². The monoisotopic (exact) mass is 360 g/mol. The first-order valence-electron chi connectivity index (χ1n) is 8.05. The molecule has 1 aliphatic rings. The molecule has 0 radical (unpaired) electrons. The normalized spacial score (nSPS) is 18.7. The van der Waals surface area contributed by atoms with Gasteiger partial charge in [-0.15, -0.1) is 0 Å². The van der Waals surface area contributed by atoms with Crippen molar-refractivity contribution < 1.29 is 17.9 Å². The summed E-state index contributed by atoms with van der Waals surface area (Å²) in [5.74, 6) is 0.645. The molecule has 25 heavy (non-hydrogen) atoms. The minimum Gasteiger partial charge on any atom is -0.496 e. The Morgan fingerprint density at radius 2 is 2.12 bits per heavy atom. The van der Waals surface area contributed by atoms with Crippen molar-refractivity contribution in [2.45, 2.75) is 18.9 Å². The van der Waals surface area contributed by atoms with Crippen molar-refractivity contribution in [3.63, 3.8) is 0 Å². The Morgan fingerprint density at radius 3 is 2.84 bits per heavy atom. The number of rotatable bonds is 5. The molecule has 1 atom stereocenters. The number of pyridine rings is 1. The van der Waals surface area contributed by atoms with Crippen molar-refractivity contribution in [1.82, 2.24) is 10.3 Å². The van der Waals surface area contributed by atoms with E-state index in [1.165, 1.54) is 0 Å². The van der Waals surface area contributed by atoms with Crippen LogP contribution in [0.3, 0.4) is 0 Å². The van der Waals surface area contributed by atoms with Crippen molar-refractivity contribution in [1.29, 1.82) is 0 Å². The quantitative estimate of drug-likeness (QED) is 0.875. The first-order chi connectivity index (χ1) is 12.0. The van der Waals surface area contributed by atoms with Crippen LogP contribution in [0.5, 0.6) is 5.75 Å². The van der Waals surface area contributed by atoms with E-state index < -0.39 is 9.84 Å². The summed E-state index contributed by atoms with van der Waals surface area (Å²) in [6.07, 6.45) is 2.60. The molecule has 1 aromatic heterocycles. The maximum atomic E-state index is 12.4. The molecule has 1 fully saturated rings. The summed E-state index contributed by atoms with van der Waals surface area (Å²) in [7, 11) is -1.40. The van der Waals surface area contributed by atoms with Crippen LogP contribution < -0.4 is 10.1 Å². The van der Waals surface area contributed by atoms with Gasteiger partial charge < -0.3 is 10.1 Å². The van der Waals surface area contributed by atoms with Crippen LogP contribution in [-0.2, 0) is 16.3 Å². The van der Waals surface area contributed by atoms with E-state index in [0.717, 1.165) is 17.0 Å². The Morgan fingerprint density at radius 1 is 1.32 bits per heavy atom. The minimum absolute atomic E-state index is 0.0118. The van der Waals surface area contributed by atoms with E-state index in [1.54, 1.807) is 25.4 Å². The largest absolute Gasteiger partial charge is 0.496 e. The van der Waals surface area contributed by atoms with E-state index in [9.17, 15) is 13.2 Å². The highest BCUT2D eigenvalue weighted by Gasteiger charge is 2.29. The summed E-state index contributed by atoms with van der Waals surface area (Å²) in [5, 5.41) is 2.79. The number of nitrogens with one attached hydrogen (secondary N) is 1. The van der Waals surface area contributed by atoms with Gasteiger partial charge in [-0.3, -0.25) is 9.78 Å². The SMILES string of the molecule is COc1ccccc1Cc1cc(C(=O)N[C@@H]2CCS(=O)(=O)C2)ccn1. The molecule has 2 heterocycles. The van der Waals surface area contributed by atoms with Crippen molar-refractivity contribution in [3.8, 4) is 5.75 Å². The predicted octanol–water partition coefficient (Wildman–Crippen LogP) is 1.60. The average molecular weight is 360 g/mol. The topological polar surface area (TPSA) is 85.4 Å². The van der Waals surface area contributed by atoms with Gasteiger partial charge in [0.25, 0.3) is 5.91 Å². The van der Waals surface area contributed by atoms with Crippen LogP contribution >= 0.6 is 0 Å². The van der Waals surface area contributed by atoms with Crippen molar-refractivity contribution in [3.05, 3.63) is 59.4 Å². The van der Waals surface area contributed by atoms with Crippen molar-refractivity contribution >= 4 is 15.7 Å². The van der Waals surface area contributed by atoms with E-state index in [0.29, 0.717) is 18.4 Å². The Labute approximate surface area is 147 Å². The fourth-order valence-electron chi connectivity index (χ4n) is 2.94. The zero-order valence-corrected chi connectivity index (χ0v) is 14.8. The third kappa shape index (κ3) is 4.36. The van der Waals surface area contributed by atoms with Gasteiger partial charge >= 0.3 is 0 Å². The molecular weight excluding hydrogens is 340 g/mol. The molecule has 0 spiro atoms. The second kappa shape index (κ2) is 7.23. The van der Waals surface area contributed by atoms with E-state index in [4.69, 9.17) is 4.74 Å². The Balaban J connectivity index is 1.72. The highest BCUT2D eigenvalue weighted by atomic mass is 32.2. The van der Waals surface area contributed by atoms with Crippen LogP contribution in [-0.4, -0.2) is 44.0 Å². The molecule has 0 unspecified atom stereocenters. The number of para-hydroxylation sites is 1. The third-order valence-corrected chi connectivity index (χ3v) is 5.98. The third-order valence-electron chi connectivity index (χ3n) is 4.21. The van der Waals surface area contributed by atoms with Crippen LogP contribution in [0.4, 0.5) is 0 Å². The van der Waals surface area contributed by atoms with Gasteiger partial charge in [-0.05, 0) is 24.6 Å². The van der Waals surface area contributed by atoms with Gasteiger partial charge in [-0.25, -0.2) is 8.42 Å². The van der Waals surface area contributed by atoms with E-state index >= 15 is 0 Å². The molecule has 2 aromatic rings. The summed E-state index contributed by atoms with van der Waals surface area (Å²) in [4.78, 5) is 16.7. The number of carbonyl (C=O) groups excluding carboxylic acids is 1. The van der Waals surface area contributed by atoms with E-state index in [2.05, 4.69) is 10.3 Å². The molecule has 0 bridgehead atoms. The molecule has 7 heteroatoms. The summed E-state index contributed by atoms with van der Waals surface area (Å²) in [6, 6.07) is 10.7. The minimum atomic E-state index is -3.02. The molecule has 1 saturated heterocycles. The Kier molecular flexibility index (Phi) is 5.03. The molecule has 1 aromatic carbocycles. The number of hydrogen-bond donors (Lipinski definition) is 1. The zero-order valence-electron chi connectivity index (χ0n) is 13.9. The number of nitrogens with zero attached hydrogens (tertiary/aromatic N) is 1. The van der Waals surface area contributed by atoms with Gasteiger partial charge in [0.2, 0.25) is 0 Å². The first-order valence-corrected chi connectivity index (χ1v) is 9.87. The lowest BCUT2D eigenvalue weighted by molar-refractivity contribution is 0.0941. The predicted molar refractivity (Wildman–Crippen MR) is 94.6 cm³/mol. The van der Waals surface area contributed by atoms with Crippen LogP contribution in [0, 0.1) is 0 Å². The molecular formula is C18H20N2O4S. The number of amides is 1. The smallest absolute Gasteiger partial charge is 0.251 e. The van der Waals surface area contributed by atoms with Gasteiger partial charge in [0.1, 0.15) is 5.75 Å². The molecule has 3 rings (SSSR count). The van der Waals surface area contributed by atoms with Gasteiger partial charge in [0, 0.05) is 35.5 Å². The lowest BCUT2D eigenvalue weighted by Crippen LogP contribution is -2.35. The summed E-state index contributed by atoms with van der Waals surface area (Å²) < 4.78 is 28.3. The van der Waals surface area contributed by atoms with Gasteiger partial charge in [-0.2, -0.15) is 0 Å². The number of benzene rings is 1. The van der Waals surface area contributed by atoms with E-state index in [1.807, 2.05) is 24.3 Å². The highest BCUT2D eigenvalue weighted by molar-refractivity contribution is 7.91. The van der Waals surface area contributed by atoms with Crippen LogP contribution in [0.15, 0.2) is 42.6 Å². The van der Waals surface area contributed by atoms with Crippen LogP contribution in [0.25, 0.3) is 0 Å². The number of hydrogen-bond acceptors (Lipinski definition) is 5. The number of carbonyl (C=O) groups is 1. The second-order valence-corrected chi connectivity index (χ2v) is 8.33. The van der Waals surface area contributed by atoms with Crippen LogP contribution in [0.1, 0.15) is 28.0 Å². The van der Waals surface area contributed by atoms with Gasteiger partial charge in [0.15, 0.2) is 9.84 Å². The molecule has 0 aliphatic carbocycles. The highest BCUT2D eigenvalue weighted by Crippen LogP contribution is 2.20. The van der Waals surface area contributed by atoms with Crippen LogP contribution in [0.2, 0.25) is 0 Å². The first kappa shape index (κ1) is 17.4. The molecule has 0 saturated carbocycles. The second-order valence-electron chi connectivity index (χ2n) is 6.10. The van der Waals surface area contributed by atoms with Gasteiger partial charge in [-0.1, -0.05) is 18.2 Å². The lowest BCUT2D eigenvalue weighted by Gasteiger charge is -2.12.